The summed E-state index contributed by atoms with van der Waals surface area (Å²) in [6.07, 6.45) is 5.02. The molecule has 0 N–H and O–H groups in total. The first-order chi connectivity index (χ1) is 16.0. The van der Waals surface area contributed by atoms with E-state index in [0.717, 1.165) is 60.5 Å². The highest BCUT2D eigenvalue weighted by Crippen LogP contribution is 2.42. The van der Waals surface area contributed by atoms with Gasteiger partial charge in [-0.2, -0.15) is 0 Å². The highest BCUT2D eigenvalue weighted by Gasteiger charge is 2.45. The van der Waals surface area contributed by atoms with Gasteiger partial charge < -0.3 is 4.90 Å². The quantitative estimate of drug-likeness (QED) is 0.572. The molecule has 1 aromatic carbocycles. The van der Waals surface area contributed by atoms with E-state index in [1.807, 2.05) is 31.3 Å². The highest BCUT2D eigenvalue weighted by molar-refractivity contribution is 6.30. The summed E-state index contributed by atoms with van der Waals surface area (Å²) in [5.74, 6) is 2.95. The Kier molecular flexibility index (Phi) is 5.10. The monoisotopic (exact) mass is 467 g/mol. The fraction of sp³-hybridized carbons (Fsp3) is 0.500. The Labute approximate surface area is 197 Å². The minimum absolute atomic E-state index is 0.290. The number of fused-ring (bicyclic) bond motifs is 3. The maximum Gasteiger partial charge on any atom is 0.225 e. The van der Waals surface area contributed by atoms with Crippen LogP contribution in [-0.4, -0.2) is 54.9 Å². The molecule has 0 atom stereocenters. The van der Waals surface area contributed by atoms with Crippen LogP contribution in [-0.2, 0) is 13.1 Å². The predicted molar refractivity (Wildman–Crippen MR) is 125 cm³/mol. The van der Waals surface area contributed by atoms with Crippen LogP contribution in [0.2, 0.25) is 5.02 Å². The van der Waals surface area contributed by atoms with Crippen molar-refractivity contribution in [3.05, 3.63) is 58.4 Å². The molecule has 1 saturated carbocycles. The summed E-state index contributed by atoms with van der Waals surface area (Å²) < 4.78 is 16.8. The molecule has 0 amide bonds. The molecule has 0 radical (unpaired) electrons. The Morgan fingerprint density at radius 3 is 2.70 bits per heavy atom. The van der Waals surface area contributed by atoms with Gasteiger partial charge in [-0.3, -0.25) is 9.47 Å². The van der Waals surface area contributed by atoms with Crippen molar-refractivity contribution in [3.63, 3.8) is 0 Å². The molecule has 4 heterocycles. The molecule has 3 aromatic rings. The third-order valence-corrected chi connectivity index (χ3v) is 7.26. The van der Waals surface area contributed by atoms with Crippen molar-refractivity contribution in [1.29, 1.82) is 0 Å². The SMILES string of the molecule is Cc1ccnc(N2CCC(c3nnc4n3-c3ccc(Cl)cc3CN(CC3(F)CC3)C4)CC2)n1. The van der Waals surface area contributed by atoms with Gasteiger partial charge in [0, 0.05) is 49.0 Å². The fourth-order valence-electron chi connectivity index (χ4n) is 5.09. The summed E-state index contributed by atoms with van der Waals surface area (Å²) in [6.45, 7) is 5.41. The lowest BCUT2D eigenvalue weighted by molar-refractivity contribution is 0.162. The predicted octanol–water partition coefficient (Wildman–Crippen LogP) is 4.22. The highest BCUT2D eigenvalue weighted by atomic mass is 35.5. The third-order valence-electron chi connectivity index (χ3n) is 7.02. The summed E-state index contributed by atoms with van der Waals surface area (Å²) in [5.41, 5.74) is 2.08. The van der Waals surface area contributed by atoms with Crippen LogP contribution < -0.4 is 4.90 Å². The summed E-state index contributed by atoms with van der Waals surface area (Å²) in [5, 5.41) is 9.93. The number of nitrogens with zero attached hydrogens (tertiary/aromatic N) is 7. The molecule has 1 aliphatic carbocycles. The minimum atomic E-state index is -1.05. The molecule has 2 aliphatic heterocycles. The van der Waals surface area contributed by atoms with Crippen LogP contribution in [0.4, 0.5) is 10.3 Å². The van der Waals surface area contributed by atoms with Crippen molar-refractivity contribution in [2.75, 3.05) is 24.5 Å². The molecular formula is C24H27ClFN7. The van der Waals surface area contributed by atoms with Crippen LogP contribution >= 0.6 is 11.6 Å². The zero-order valence-electron chi connectivity index (χ0n) is 18.7. The number of halogens is 2. The Morgan fingerprint density at radius 2 is 1.94 bits per heavy atom. The number of aromatic nitrogens is 5. The molecular weight excluding hydrogens is 441 g/mol. The molecule has 0 spiro atoms. The number of alkyl halides is 1. The average Bonchev–Trinajstić information content (AvgIpc) is 3.42. The van der Waals surface area contributed by atoms with E-state index in [4.69, 9.17) is 11.6 Å². The third kappa shape index (κ3) is 4.10. The van der Waals surface area contributed by atoms with Gasteiger partial charge in [-0.25, -0.2) is 14.4 Å². The van der Waals surface area contributed by atoms with Crippen molar-refractivity contribution in [2.24, 2.45) is 0 Å². The summed E-state index contributed by atoms with van der Waals surface area (Å²) >= 11 is 6.35. The smallest absolute Gasteiger partial charge is 0.225 e. The molecule has 2 fully saturated rings. The summed E-state index contributed by atoms with van der Waals surface area (Å²) in [6, 6.07) is 7.88. The van der Waals surface area contributed by atoms with Gasteiger partial charge in [0.25, 0.3) is 0 Å². The second-order valence-electron chi connectivity index (χ2n) is 9.64. The van der Waals surface area contributed by atoms with Gasteiger partial charge in [-0.05, 0) is 62.4 Å². The van der Waals surface area contributed by atoms with Crippen LogP contribution in [0, 0.1) is 6.92 Å². The average molecular weight is 468 g/mol. The Hall–Kier alpha value is -2.58. The lowest BCUT2D eigenvalue weighted by Crippen LogP contribution is -2.35. The Morgan fingerprint density at radius 1 is 1.12 bits per heavy atom. The Balaban J connectivity index is 1.29. The fourth-order valence-corrected chi connectivity index (χ4v) is 5.28. The number of hydrogen-bond acceptors (Lipinski definition) is 6. The molecule has 172 valence electrons. The summed E-state index contributed by atoms with van der Waals surface area (Å²) in [4.78, 5) is 13.4. The molecule has 33 heavy (non-hydrogen) atoms. The van der Waals surface area contributed by atoms with Crippen LogP contribution in [0.25, 0.3) is 5.69 Å². The zero-order chi connectivity index (χ0) is 22.6. The van der Waals surface area contributed by atoms with E-state index in [1.165, 1.54) is 0 Å². The van der Waals surface area contributed by atoms with Crippen molar-refractivity contribution in [2.45, 2.75) is 57.3 Å². The van der Waals surface area contributed by atoms with Gasteiger partial charge in [0.1, 0.15) is 11.5 Å². The molecule has 1 saturated heterocycles. The maximum atomic E-state index is 14.6. The molecule has 7 nitrogen and oxygen atoms in total. The maximum absolute atomic E-state index is 14.6. The molecule has 3 aliphatic rings. The Bertz CT molecular complexity index is 1180. The van der Waals surface area contributed by atoms with Gasteiger partial charge in [-0.1, -0.05) is 11.6 Å². The van der Waals surface area contributed by atoms with E-state index in [2.05, 4.69) is 40.6 Å². The first-order valence-corrected chi connectivity index (χ1v) is 12.0. The van der Waals surface area contributed by atoms with Crippen molar-refractivity contribution >= 4 is 17.5 Å². The van der Waals surface area contributed by atoms with E-state index >= 15 is 0 Å². The van der Waals surface area contributed by atoms with Crippen molar-refractivity contribution < 1.29 is 4.39 Å². The lowest BCUT2D eigenvalue weighted by Gasteiger charge is -2.31. The van der Waals surface area contributed by atoms with Gasteiger partial charge >= 0.3 is 0 Å². The molecule has 0 bridgehead atoms. The normalized spacial score (nSPS) is 20.3. The van der Waals surface area contributed by atoms with Gasteiger partial charge in [-0.15, -0.1) is 10.2 Å². The van der Waals surface area contributed by atoms with Gasteiger partial charge in [0.2, 0.25) is 5.95 Å². The van der Waals surface area contributed by atoms with Crippen LogP contribution in [0.1, 0.15) is 54.5 Å². The van der Waals surface area contributed by atoms with Crippen molar-refractivity contribution in [3.8, 4) is 5.69 Å². The van der Waals surface area contributed by atoms with E-state index in [1.54, 1.807) is 0 Å². The largest absolute Gasteiger partial charge is 0.341 e. The number of piperidine rings is 1. The lowest BCUT2D eigenvalue weighted by atomic mass is 9.95. The number of anilines is 1. The number of benzene rings is 1. The van der Waals surface area contributed by atoms with Crippen LogP contribution in [0.5, 0.6) is 0 Å². The first kappa shape index (κ1) is 21.0. The zero-order valence-corrected chi connectivity index (χ0v) is 19.5. The summed E-state index contributed by atoms with van der Waals surface area (Å²) in [7, 11) is 0. The van der Waals surface area contributed by atoms with Gasteiger partial charge in [0.05, 0.1) is 12.2 Å². The van der Waals surface area contributed by atoms with E-state index in [9.17, 15) is 4.39 Å². The van der Waals surface area contributed by atoms with Gasteiger partial charge in [0.15, 0.2) is 5.82 Å². The van der Waals surface area contributed by atoms with E-state index < -0.39 is 5.67 Å². The van der Waals surface area contributed by atoms with E-state index in [0.29, 0.717) is 43.4 Å². The minimum Gasteiger partial charge on any atom is -0.341 e. The number of hydrogen-bond donors (Lipinski definition) is 0. The first-order valence-electron chi connectivity index (χ1n) is 11.7. The topological polar surface area (TPSA) is 63.0 Å². The number of rotatable bonds is 4. The van der Waals surface area contributed by atoms with E-state index in [-0.39, 0.29) is 0 Å². The van der Waals surface area contributed by atoms with Crippen LogP contribution in [0.15, 0.2) is 30.5 Å². The second-order valence-corrected chi connectivity index (χ2v) is 10.1. The molecule has 6 rings (SSSR count). The van der Waals surface area contributed by atoms with Crippen LogP contribution in [0.3, 0.4) is 0 Å². The second kappa shape index (κ2) is 8.02. The number of aryl methyl sites for hydroxylation is 1. The molecule has 0 unspecified atom stereocenters. The van der Waals surface area contributed by atoms with Crippen molar-refractivity contribution in [1.82, 2.24) is 29.6 Å². The molecule has 2 aromatic heterocycles. The molecule has 9 heteroatoms. The standard InChI is InChI=1S/C24H27ClFN7/c1-16-4-9-27-23(28-16)32-10-5-17(6-11-32)22-30-29-21-14-31(15-24(26)7-8-24)13-18-12-19(25)2-3-20(18)33(21)22/h2-4,9,12,17H,5-8,10-11,13-15H2,1H3.